The predicted molar refractivity (Wildman–Crippen MR) is 187 cm³/mol. The van der Waals surface area contributed by atoms with Crippen LogP contribution in [0.4, 0.5) is 8.78 Å². The Morgan fingerprint density at radius 2 is 1.45 bits per heavy atom. The van der Waals surface area contributed by atoms with Crippen molar-refractivity contribution in [2.24, 2.45) is 5.92 Å². The van der Waals surface area contributed by atoms with Gasteiger partial charge >= 0.3 is 5.92 Å². The number of nitrogens with one attached hydrogen (secondary N) is 1. The van der Waals surface area contributed by atoms with Crippen molar-refractivity contribution in [1.29, 1.82) is 0 Å². The molecule has 3 aliphatic rings. The lowest BCUT2D eigenvalue weighted by Gasteiger charge is -2.41. The first-order valence-corrected chi connectivity index (χ1v) is 17.7. The van der Waals surface area contributed by atoms with Gasteiger partial charge in [0.2, 0.25) is 0 Å². The number of ether oxygens (including phenoxy) is 1. The number of nitrogens with zero attached hydrogens (tertiary/aromatic N) is 1. The monoisotopic (exact) mass is 686 g/mol. The fourth-order valence-corrected chi connectivity index (χ4v) is 8.14. The number of aliphatic hydroxyl groups is 1. The molecule has 1 aliphatic carbocycles. The molecule has 49 heavy (non-hydrogen) atoms. The lowest BCUT2D eigenvalue weighted by atomic mass is 9.90. The summed E-state index contributed by atoms with van der Waals surface area (Å²) in [6, 6.07) is 20.9. The molecule has 4 aromatic rings. The Morgan fingerprint density at radius 3 is 2.10 bits per heavy atom. The van der Waals surface area contributed by atoms with Crippen LogP contribution in [0.3, 0.4) is 0 Å². The van der Waals surface area contributed by atoms with E-state index < -0.39 is 35.4 Å². The number of carbonyl (C=O) groups is 2. The summed E-state index contributed by atoms with van der Waals surface area (Å²) in [5.41, 5.74) is 1.34. The number of rotatable bonds is 9. The number of piperidine rings is 1. The molecule has 7 rings (SSSR count). The Balaban J connectivity index is 1.14. The molecule has 9 heteroatoms. The molecule has 2 heterocycles. The summed E-state index contributed by atoms with van der Waals surface area (Å²) in [5.74, 6) is -4.51. The minimum atomic E-state index is -3.77. The van der Waals surface area contributed by atoms with Crippen molar-refractivity contribution in [3.63, 3.8) is 0 Å². The molecule has 4 atom stereocenters. The van der Waals surface area contributed by atoms with Gasteiger partial charge in [-0.1, -0.05) is 73.1 Å². The maximum absolute atomic E-state index is 16.6. The number of hydrogen-bond donors (Lipinski definition) is 2. The van der Waals surface area contributed by atoms with Crippen LogP contribution in [0, 0.1) is 5.92 Å². The van der Waals surface area contributed by atoms with E-state index in [1.165, 1.54) is 12.1 Å². The van der Waals surface area contributed by atoms with Gasteiger partial charge in [0.25, 0.3) is 11.8 Å². The van der Waals surface area contributed by atoms with Gasteiger partial charge in [-0.3, -0.25) is 9.59 Å². The highest BCUT2D eigenvalue weighted by Gasteiger charge is 2.53. The normalized spacial score (nSPS) is 22.2. The second-order valence-corrected chi connectivity index (χ2v) is 14.5. The van der Waals surface area contributed by atoms with Crippen LogP contribution in [-0.4, -0.2) is 46.1 Å². The predicted octanol–water partition coefficient (Wildman–Crippen LogP) is 8.58. The topological polar surface area (TPSA) is 78.9 Å². The van der Waals surface area contributed by atoms with Crippen molar-refractivity contribution in [1.82, 2.24) is 10.2 Å². The largest absolute Gasteiger partial charge is 0.490 e. The lowest BCUT2D eigenvalue weighted by Crippen LogP contribution is -2.60. The Bertz CT molecular complexity index is 1810. The molecule has 2 N–H and O–H groups in total. The van der Waals surface area contributed by atoms with E-state index in [0.717, 1.165) is 73.5 Å². The molecule has 2 bridgehead atoms. The van der Waals surface area contributed by atoms with E-state index >= 15 is 8.78 Å². The van der Waals surface area contributed by atoms with Crippen molar-refractivity contribution in [2.75, 3.05) is 0 Å². The van der Waals surface area contributed by atoms with Crippen LogP contribution in [0.15, 0.2) is 84.9 Å². The van der Waals surface area contributed by atoms with Crippen LogP contribution in [-0.2, 0) is 15.5 Å². The first-order chi connectivity index (χ1) is 23.6. The smallest absolute Gasteiger partial charge is 0.302 e. The third kappa shape index (κ3) is 6.90. The zero-order valence-electron chi connectivity index (χ0n) is 27.5. The second-order valence-electron chi connectivity index (χ2n) is 14.1. The minimum absolute atomic E-state index is 0.156. The van der Waals surface area contributed by atoms with Gasteiger partial charge in [0.05, 0.1) is 6.10 Å². The SMILES string of the molecule is CC1CC2CCC(C1)N2C(=O)[C@@H](NC(=O)[C@H](O)c1ccc2cc(OC3CCCC3)ccc2c1)C(F)(F)c1ccc(-c2ccc(Cl)cc2)cc1. The molecule has 2 aliphatic heterocycles. The summed E-state index contributed by atoms with van der Waals surface area (Å²) < 4.78 is 39.3. The first-order valence-electron chi connectivity index (χ1n) is 17.3. The van der Waals surface area contributed by atoms with Crippen LogP contribution in [0.5, 0.6) is 5.75 Å². The summed E-state index contributed by atoms with van der Waals surface area (Å²) in [4.78, 5) is 29.3. The van der Waals surface area contributed by atoms with Crippen molar-refractivity contribution >= 4 is 34.2 Å². The van der Waals surface area contributed by atoms with E-state index in [0.29, 0.717) is 16.5 Å². The highest BCUT2D eigenvalue weighted by molar-refractivity contribution is 6.30. The molecule has 1 saturated carbocycles. The maximum Gasteiger partial charge on any atom is 0.302 e. The quantitative estimate of drug-likeness (QED) is 0.185. The van der Waals surface area contributed by atoms with E-state index in [1.54, 1.807) is 59.5 Å². The van der Waals surface area contributed by atoms with E-state index in [4.69, 9.17) is 16.3 Å². The molecule has 3 fully saturated rings. The van der Waals surface area contributed by atoms with Crippen LogP contribution >= 0.6 is 11.6 Å². The van der Waals surface area contributed by atoms with Gasteiger partial charge < -0.3 is 20.1 Å². The molecule has 2 saturated heterocycles. The van der Waals surface area contributed by atoms with E-state index in [2.05, 4.69) is 12.2 Å². The van der Waals surface area contributed by atoms with Crippen molar-refractivity contribution in [3.8, 4) is 16.9 Å². The fraction of sp³-hybridized carbons (Fsp3) is 0.400. The molecular formula is C40H41ClF2N2O4. The molecule has 2 unspecified atom stereocenters. The first kappa shape index (κ1) is 33.5. The summed E-state index contributed by atoms with van der Waals surface area (Å²) in [6.45, 7) is 2.12. The molecular weight excluding hydrogens is 646 g/mol. The number of hydrogen-bond acceptors (Lipinski definition) is 4. The summed E-state index contributed by atoms with van der Waals surface area (Å²) in [6.07, 6.45) is 5.79. The standard InChI is InChI=1S/C40H41ClF2N2O4/c1-24-20-32-17-18-33(21-24)45(32)39(48)37(40(42,43)30-13-8-25(9-14-30)26-10-15-31(41)16-11-26)44-38(47)36(46)29-7-6-28-23-35(19-12-27(28)22-29)49-34-4-2-3-5-34/h6-16,19,22-24,32-34,36-37,46H,2-5,17-18,20-21H2,1H3,(H,44,47)/t24?,32?,33?,36-,37-/m1/s1. The van der Waals surface area contributed by atoms with Gasteiger partial charge in [0.15, 0.2) is 12.1 Å². The molecule has 0 aromatic heterocycles. The third-order valence-corrected chi connectivity index (χ3v) is 10.8. The Hall–Kier alpha value is -4.01. The van der Waals surface area contributed by atoms with Crippen molar-refractivity contribution < 1.29 is 28.2 Å². The van der Waals surface area contributed by atoms with Gasteiger partial charge in [0.1, 0.15) is 5.75 Å². The number of carbonyl (C=O) groups excluding carboxylic acids is 2. The lowest BCUT2D eigenvalue weighted by molar-refractivity contribution is -0.155. The second kappa shape index (κ2) is 13.7. The summed E-state index contributed by atoms with van der Waals surface area (Å²) in [5, 5.41) is 15.7. The number of amides is 2. The van der Waals surface area contributed by atoms with Gasteiger partial charge in [-0.25, -0.2) is 0 Å². The van der Waals surface area contributed by atoms with Gasteiger partial charge in [-0.05, 0) is 115 Å². The summed E-state index contributed by atoms with van der Waals surface area (Å²) >= 11 is 6.01. The average molecular weight is 687 g/mol. The van der Waals surface area contributed by atoms with E-state index in [1.807, 2.05) is 18.2 Å². The number of halogens is 3. The fourth-order valence-electron chi connectivity index (χ4n) is 8.02. The molecule has 6 nitrogen and oxygen atoms in total. The van der Waals surface area contributed by atoms with Crippen LogP contribution in [0.2, 0.25) is 5.02 Å². The maximum atomic E-state index is 16.6. The Kier molecular flexibility index (Phi) is 9.37. The van der Waals surface area contributed by atoms with Gasteiger partial charge in [-0.15, -0.1) is 0 Å². The minimum Gasteiger partial charge on any atom is -0.490 e. The Morgan fingerprint density at radius 1 is 0.857 bits per heavy atom. The van der Waals surface area contributed by atoms with Gasteiger partial charge in [-0.2, -0.15) is 8.78 Å². The van der Waals surface area contributed by atoms with Crippen molar-refractivity contribution in [2.45, 2.75) is 94.5 Å². The highest BCUT2D eigenvalue weighted by Crippen LogP contribution is 2.42. The van der Waals surface area contributed by atoms with Crippen LogP contribution < -0.4 is 10.1 Å². The zero-order valence-corrected chi connectivity index (χ0v) is 28.2. The highest BCUT2D eigenvalue weighted by atomic mass is 35.5. The molecule has 4 aromatic carbocycles. The van der Waals surface area contributed by atoms with Crippen LogP contribution in [0.25, 0.3) is 21.9 Å². The molecule has 0 radical (unpaired) electrons. The van der Waals surface area contributed by atoms with Crippen LogP contribution in [0.1, 0.15) is 75.5 Å². The third-order valence-electron chi connectivity index (χ3n) is 10.6. The molecule has 0 spiro atoms. The number of aliphatic hydroxyl groups excluding tert-OH is 1. The Labute approximate surface area is 290 Å². The number of alkyl halides is 2. The van der Waals surface area contributed by atoms with Gasteiger partial charge in [0, 0.05) is 22.7 Å². The van der Waals surface area contributed by atoms with E-state index in [9.17, 15) is 14.7 Å². The zero-order chi connectivity index (χ0) is 34.3. The van der Waals surface area contributed by atoms with Crippen molar-refractivity contribution in [3.05, 3.63) is 101 Å². The van der Waals surface area contributed by atoms with E-state index in [-0.39, 0.29) is 23.8 Å². The average Bonchev–Trinajstić information content (AvgIpc) is 3.71. The number of fused-ring (bicyclic) bond motifs is 3. The molecule has 2 amide bonds. The number of benzene rings is 4. The summed E-state index contributed by atoms with van der Waals surface area (Å²) in [7, 11) is 0. The molecule has 256 valence electrons.